The first-order valence-electron chi connectivity index (χ1n) is 5.73. The summed E-state index contributed by atoms with van der Waals surface area (Å²) in [5, 5.41) is 11.3. The van der Waals surface area contributed by atoms with Crippen LogP contribution in [0.1, 0.15) is 24.3 Å². The zero-order valence-corrected chi connectivity index (χ0v) is 10.1. The molecule has 1 atom stereocenters. The van der Waals surface area contributed by atoms with Crippen molar-refractivity contribution >= 4 is 5.91 Å². The van der Waals surface area contributed by atoms with Crippen molar-refractivity contribution in [3.05, 3.63) is 35.9 Å². The predicted octanol–water partition coefficient (Wildman–Crippen LogP) is 2.75. The fourth-order valence-electron chi connectivity index (χ4n) is 1.53. The third-order valence-electron chi connectivity index (χ3n) is 2.46. The maximum absolute atomic E-state index is 11.9. The maximum atomic E-state index is 11.9. The highest BCUT2D eigenvalue weighted by atomic mass is 19.4. The lowest BCUT2D eigenvalue weighted by Crippen LogP contribution is -2.30. The molecule has 6 heteroatoms. The molecule has 0 aromatic heterocycles. The number of hydrogen-bond acceptors (Lipinski definition) is 2. The second kappa shape index (κ2) is 6.78. The number of benzene rings is 1. The van der Waals surface area contributed by atoms with Gasteiger partial charge in [0.25, 0.3) is 0 Å². The Morgan fingerprint density at radius 2 is 1.95 bits per heavy atom. The zero-order valence-electron chi connectivity index (χ0n) is 10.1. The summed E-state index contributed by atoms with van der Waals surface area (Å²) >= 11 is 0. The zero-order chi connectivity index (χ0) is 14.3. The van der Waals surface area contributed by atoms with E-state index in [9.17, 15) is 18.0 Å². The molecule has 3 nitrogen and oxygen atoms in total. The Kier molecular flexibility index (Phi) is 5.37. The summed E-state index contributed by atoms with van der Waals surface area (Å²) in [5.74, 6) is -1.57. The second-order valence-corrected chi connectivity index (χ2v) is 3.98. The number of nitrogens with one attached hydrogen (secondary N) is 1. The summed E-state index contributed by atoms with van der Waals surface area (Å²) in [6.45, 7) is -0.0939. The molecule has 1 aromatic rings. The summed E-state index contributed by atoms with van der Waals surface area (Å²) in [6.07, 6.45) is -5.36. The number of amides is 1. The van der Waals surface area contributed by atoms with Crippen LogP contribution >= 0.6 is 0 Å². The molecule has 0 spiro atoms. The van der Waals surface area contributed by atoms with Crippen LogP contribution in [0.5, 0.6) is 0 Å². The van der Waals surface area contributed by atoms with Gasteiger partial charge in [0.2, 0.25) is 5.91 Å². The molecule has 0 saturated heterocycles. The van der Waals surface area contributed by atoms with Gasteiger partial charge in [-0.05, 0) is 12.0 Å². The molecular weight excluding hydrogens is 257 g/mol. The Morgan fingerprint density at radius 1 is 1.32 bits per heavy atom. The number of halogens is 3. The predicted molar refractivity (Wildman–Crippen MR) is 63.1 cm³/mol. The summed E-state index contributed by atoms with van der Waals surface area (Å²) in [7, 11) is 0. The number of rotatable bonds is 5. The highest BCUT2D eigenvalue weighted by Crippen LogP contribution is 2.21. The molecule has 0 heterocycles. The summed E-state index contributed by atoms with van der Waals surface area (Å²) in [4.78, 5) is 11.7. The maximum Gasteiger partial charge on any atom is 0.389 e. The average molecular weight is 270 g/mol. The molecular formula is C13H13F3N2O. The Labute approximate surface area is 109 Å². The summed E-state index contributed by atoms with van der Waals surface area (Å²) in [6, 6.07) is 10.2. The third-order valence-corrected chi connectivity index (χ3v) is 2.46. The molecule has 19 heavy (non-hydrogen) atoms. The van der Waals surface area contributed by atoms with Gasteiger partial charge in [-0.1, -0.05) is 30.3 Å². The van der Waals surface area contributed by atoms with E-state index in [1.165, 1.54) is 0 Å². The SMILES string of the molecule is N#CC(C(=O)NCCCC(F)(F)F)c1ccccc1. The van der Waals surface area contributed by atoms with Crippen LogP contribution < -0.4 is 5.32 Å². The van der Waals surface area contributed by atoms with E-state index in [4.69, 9.17) is 5.26 Å². The number of carbonyl (C=O) groups is 1. The van der Waals surface area contributed by atoms with E-state index in [0.29, 0.717) is 5.56 Å². The number of alkyl halides is 3. The molecule has 0 fully saturated rings. The number of nitriles is 1. The first kappa shape index (κ1) is 15.0. The number of hydrogen-bond donors (Lipinski definition) is 1. The smallest absolute Gasteiger partial charge is 0.355 e. The van der Waals surface area contributed by atoms with Gasteiger partial charge in [-0.15, -0.1) is 0 Å². The van der Waals surface area contributed by atoms with Crippen LogP contribution in [-0.4, -0.2) is 18.6 Å². The Bertz CT molecular complexity index is 451. The van der Waals surface area contributed by atoms with Gasteiger partial charge in [-0.25, -0.2) is 0 Å². The molecule has 1 amide bonds. The van der Waals surface area contributed by atoms with Gasteiger partial charge in [-0.2, -0.15) is 18.4 Å². The van der Waals surface area contributed by atoms with Crippen molar-refractivity contribution in [3.8, 4) is 6.07 Å². The van der Waals surface area contributed by atoms with Gasteiger partial charge in [0, 0.05) is 13.0 Å². The van der Waals surface area contributed by atoms with Crippen LogP contribution in [0, 0.1) is 11.3 Å². The molecule has 0 aliphatic heterocycles. The van der Waals surface area contributed by atoms with Crippen molar-refractivity contribution < 1.29 is 18.0 Å². The minimum Gasteiger partial charge on any atom is -0.355 e. The molecule has 102 valence electrons. The quantitative estimate of drug-likeness (QED) is 0.836. The van der Waals surface area contributed by atoms with E-state index in [1.54, 1.807) is 30.3 Å². The molecule has 1 aromatic carbocycles. The standard InChI is InChI=1S/C13H13F3N2O/c14-13(15,16)7-4-8-18-12(19)11(9-17)10-5-2-1-3-6-10/h1-3,5-6,11H,4,7-8H2,(H,18,19). The Morgan fingerprint density at radius 3 is 2.47 bits per heavy atom. The van der Waals surface area contributed by atoms with Crippen molar-refractivity contribution in [2.75, 3.05) is 6.54 Å². The third kappa shape index (κ3) is 5.42. The average Bonchev–Trinajstić information content (AvgIpc) is 2.36. The van der Waals surface area contributed by atoms with E-state index in [0.717, 1.165) is 0 Å². The van der Waals surface area contributed by atoms with E-state index >= 15 is 0 Å². The van der Waals surface area contributed by atoms with Crippen LogP contribution in [0.15, 0.2) is 30.3 Å². The molecule has 0 saturated carbocycles. The molecule has 0 aliphatic carbocycles. The number of carbonyl (C=O) groups excluding carboxylic acids is 1. The number of nitrogens with zero attached hydrogens (tertiary/aromatic N) is 1. The van der Waals surface area contributed by atoms with Crippen LogP contribution in [0.3, 0.4) is 0 Å². The van der Waals surface area contributed by atoms with Crippen molar-refractivity contribution in [1.29, 1.82) is 5.26 Å². The van der Waals surface area contributed by atoms with E-state index < -0.39 is 24.4 Å². The second-order valence-electron chi connectivity index (χ2n) is 3.98. The molecule has 1 N–H and O–H groups in total. The van der Waals surface area contributed by atoms with E-state index in [-0.39, 0.29) is 13.0 Å². The van der Waals surface area contributed by atoms with Crippen molar-refractivity contribution in [1.82, 2.24) is 5.32 Å². The highest BCUT2D eigenvalue weighted by Gasteiger charge is 2.26. The molecule has 0 aliphatic rings. The first-order valence-corrected chi connectivity index (χ1v) is 5.73. The van der Waals surface area contributed by atoms with Crippen molar-refractivity contribution in [2.45, 2.75) is 24.9 Å². The van der Waals surface area contributed by atoms with Gasteiger partial charge in [-0.3, -0.25) is 4.79 Å². The minimum absolute atomic E-state index is 0.0939. The first-order chi connectivity index (χ1) is 8.94. The van der Waals surface area contributed by atoms with Gasteiger partial charge >= 0.3 is 6.18 Å². The topological polar surface area (TPSA) is 52.9 Å². The Balaban J connectivity index is 2.46. The van der Waals surface area contributed by atoms with E-state index in [2.05, 4.69) is 5.32 Å². The Hall–Kier alpha value is -2.03. The van der Waals surface area contributed by atoms with Gasteiger partial charge in [0.15, 0.2) is 0 Å². The van der Waals surface area contributed by atoms with Gasteiger partial charge in [0.05, 0.1) is 6.07 Å². The van der Waals surface area contributed by atoms with Crippen LogP contribution in [0.4, 0.5) is 13.2 Å². The molecule has 1 rings (SSSR count). The lowest BCUT2D eigenvalue weighted by molar-refractivity contribution is -0.136. The van der Waals surface area contributed by atoms with E-state index in [1.807, 2.05) is 6.07 Å². The fourth-order valence-corrected chi connectivity index (χ4v) is 1.53. The molecule has 1 unspecified atom stereocenters. The largest absolute Gasteiger partial charge is 0.389 e. The molecule has 0 radical (unpaired) electrons. The monoisotopic (exact) mass is 270 g/mol. The van der Waals surface area contributed by atoms with Gasteiger partial charge in [0.1, 0.15) is 5.92 Å². The molecule has 0 bridgehead atoms. The lowest BCUT2D eigenvalue weighted by atomic mass is 10.00. The summed E-state index contributed by atoms with van der Waals surface area (Å²) < 4.78 is 35.7. The highest BCUT2D eigenvalue weighted by molar-refractivity contribution is 5.86. The van der Waals surface area contributed by atoms with Gasteiger partial charge < -0.3 is 5.32 Å². The minimum atomic E-state index is -4.22. The normalized spacial score (nSPS) is 12.5. The summed E-state index contributed by atoms with van der Waals surface area (Å²) in [5.41, 5.74) is 0.526. The van der Waals surface area contributed by atoms with Crippen LogP contribution in [0.2, 0.25) is 0 Å². The van der Waals surface area contributed by atoms with Crippen molar-refractivity contribution in [3.63, 3.8) is 0 Å². The lowest BCUT2D eigenvalue weighted by Gasteiger charge is -2.11. The van der Waals surface area contributed by atoms with Crippen LogP contribution in [0.25, 0.3) is 0 Å². The fraction of sp³-hybridized carbons (Fsp3) is 0.385. The van der Waals surface area contributed by atoms with Crippen molar-refractivity contribution in [2.24, 2.45) is 0 Å². The van der Waals surface area contributed by atoms with Crippen LogP contribution in [-0.2, 0) is 4.79 Å².